The summed E-state index contributed by atoms with van der Waals surface area (Å²) in [7, 11) is 0. The van der Waals surface area contributed by atoms with Gasteiger partial charge in [-0.1, -0.05) is 0 Å². The zero-order chi connectivity index (χ0) is 21.6. The summed E-state index contributed by atoms with van der Waals surface area (Å²) in [6, 6.07) is 4.63. The van der Waals surface area contributed by atoms with E-state index in [9.17, 15) is 18.3 Å². The number of nitrogens with zero attached hydrogens (tertiary/aromatic N) is 4. The van der Waals surface area contributed by atoms with Crippen molar-refractivity contribution in [3.63, 3.8) is 0 Å². The van der Waals surface area contributed by atoms with Crippen molar-refractivity contribution in [1.29, 1.82) is 0 Å². The van der Waals surface area contributed by atoms with Gasteiger partial charge in [-0.2, -0.15) is 18.2 Å². The lowest BCUT2D eigenvalue weighted by molar-refractivity contribution is -0.141. The summed E-state index contributed by atoms with van der Waals surface area (Å²) in [5.74, 6) is 0.703. The number of nitrogens with two attached hydrogens (primary N) is 1. The summed E-state index contributed by atoms with van der Waals surface area (Å²) in [5, 5.41) is 10.6. The summed E-state index contributed by atoms with van der Waals surface area (Å²) in [6.45, 7) is 4.78. The number of aryl methyl sites for hydroxylation is 2. The minimum Gasteiger partial charge on any atom is -0.486 e. The van der Waals surface area contributed by atoms with Crippen molar-refractivity contribution in [2.45, 2.75) is 45.1 Å². The molecule has 2 aromatic rings. The van der Waals surface area contributed by atoms with Gasteiger partial charge < -0.3 is 20.5 Å². The first-order valence-corrected chi connectivity index (χ1v) is 9.86. The molecule has 0 unspecified atom stereocenters. The Morgan fingerprint density at radius 3 is 2.47 bits per heavy atom. The van der Waals surface area contributed by atoms with Crippen LogP contribution in [0.25, 0.3) is 0 Å². The predicted molar refractivity (Wildman–Crippen MR) is 104 cm³/mol. The van der Waals surface area contributed by atoms with E-state index in [1.54, 1.807) is 4.90 Å². The largest absolute Gasteiger partial charge is 0.486 e. The van der Waals surface area contributed by atoms with E-state index in [-0.39, 0.29) is 17.7 Å². The molecule has 4 atom stereocenters. The maximum absolute atomic E-state index is 13.1. The van der Waals surface area contributed by atoms with Crippen molar-refractivity contribution in [3.05, 3.63) is 35.3 Å². The Bertz CT molecular complexity index is 939. The van der Waals surface area contributed by atoms with Crippen LogP contribution in [0.2, 0.25) is 0 Å². The van der Waals surface area contributed by atoms with Crippen molar-refractivity contribution in [1.82, 2.24) is 15.0 Å². The van der Waals surface area contributed by atoms with Gasteiger partial charge in [0.15, 0.2) is 5.69 Å². The summed E-state index contributed by atoms with van der Waals surface area (Å²) in [4.78, 5) is 13.5. The second kappa shape index (κ2) is 7.57. The zero-order valence-corrected chi connectivity index (χ0v) is 16.7. The van der Waals surface area contributed by atoms with E-state index >= 15 is 0 Å². The average Bonchev–Trinajstić information content (AvgIpc) is 3.05. The molecule has 4 rings (SSSR count). The number of ether oxygens (including phenoxy) is 1. The zero-order valence-electron chi connectivity index (χ0n) is 16.7. The summed E-state index contributed by atoms with van der Waals surface area (Å²) < 4.78 is 45.3. The number of hydrogen-bond donors (Lipinski definition) is 2. The van der Waals surface area contributed by atoms with Crippen molar-refractivity contribution in [2.24, 2.45) is 11.8 Å². The van der Waals surface area contributed by atoms with E-state index in [0.29, 0.717) is 31.7 Å². The maximum atomic E-state index is 13.1. The molecule has 2 aromatic heterocycles. The molecule has 0 bridgehead atoms. The van der Waals surface area contributed by atoms with Crippen molar-refractivity contribution >= 4 is 11.8 Å². The molecule has 0 radical (unpaired) electrons. The Kier molecular flexibility index (Phi) is 5.21. The molecule has 0 spiro atoms. The lowest BCUT2D eigenvalue weighted by atomic mass is 9.78. The van der Waals surface area contributed by atoms with Gasteiger partial charge in [-0.05, 0) is 50.7 Å². The number of anilines is 2. The highest BCUT2D eigenvalue weighted by atomic mass is 19.4. The number of aromatic nitrogens is 3. The highest BCUT2D eigenvalue weighted by Crippen LogP contribution is 2.40. The van der Waals surface area contributed by atoms with Gasteiger partial charge in [-0.25, -0.2) is 4.98 Å². The molecule has 1 aliphatic carbocycles. The predicted octanol–water partition coefficient (Wildman–Crippen LogP) is 2.74. The molecule has 10 heteroatoms. The van der Waals surface area contributed by atoms with Crippen LogP contribution in [0.1, 0.15) is 29.9 Å². The first kappa shape index (κ1) is 20.6. The van der Waals surface area contributed by atoms with Gasteiger partial charge in [0.25, 0.3) is 0 Å². The number of nitrogen functional groups attached to an aromatic ring is 1. The van der Waals surface area contributed by atoms with Crippen molar-refractivity contribution < 1.29 is 23.0 Å². The topological polar surface area (TPSA) is 97.4 Å². The Balaban J connectivity index is 1.49. The molecule has 3 N–H and O–H groups in total. The lowest BCUT2D eigenvalue weighted by Gasteiger charge is -2.35. The molecular weight excluding hydrogens is 399 g/mol. The van der Waals surface area contributed by atoms with Crippen LogP contribution >= 0.6 is 0 Å². The Morgan fingerprint density at radius 2 is 1.80 bits per heavy atom. The molecule has 2 aliphatic rings. The number of hydrogen-bond acceptors (Lipinski definition) is 7. The van der Waals surface area contributed by atoms with Gasteiger partial charge in [0.05, 0.1) is 11.8 Å². The fourth-order valence-electron chi connectivity index (χ4n) is 4.43. The Morgan fingerprint density at radius 1 is 1.10 bits per heavy atom. The molecule has 0 amide bonds. The molecule has 30 heavy (non-hydrogen) atoms. The number of aliphatic hydroxyl groups excluding tert-OH is 1. The summed E-state index contributed by atoms with van der Waals surface area (Å²) in [5.41, 5.74) is 6.10. The number of rotatable bonds is 3. The molecule has 1 aliphatic heterocycles. The minimum absolute atomic E-state index is 0.141. The first-order valence-electron chi connectivity index (χ1n) is 9.86. The number of aliphatic hydroxyl groups is 1. The van der Waals surface area contributed by atoms with E-state index in [2.05, 4.69) is 15.0 Å². The molecule has 162 valence electrons. The van der Waals surface area contributed by atoms with Crippen molar-refractivity contribution in [2.75, 3.05) is 23.7 Å². The van der Waals surface area contributed by atoms with E-state index in [0.717, 1.165) is 17.5 Å². The van der Waals surface area contributed by atoms with Crippen LogP contribution in [0.3, 0.4) is 0 Å². The van der Waals surface area contributed by atoms with Crippen LogP contribution in [0.5, 0.6) is 5.75 Å². The molecule has 7 nitrogen and oxygen atoms in total. The average molecular weight is 423 g/mol. The molecule has 2 fully saturated rings. The van der Waals surface area contributed by atoms with Crippen LogP contribution in [0.15, 0.2) is 18.2 Å². The second-order valence-electron chi connectivity index (χ2n) is 8.12. The monoisotopic (exact) mass is 423 g/mol. The number of alkyl halides is 3. The SMILES string of the molecule is Cc1ccc(O[C@@H]2C[C@@H]3CN(c4cc(C(F)(F)F)nc(N)n4)C[C@@H]3C[C@H]2O)c(C)n1. The van der Waals surface area contributed by atoms with E-state index in [1.165, 1.54) is 0 Å². The van der Waals surface area contributed by atoms with Gasteiger partial charge in [0.1, 0.15) is 17.7 Å². The first-order chi connectivity index (χ1) is 14.1. The molecule has 1 saturated heterocycles. The fraction of sp³-hybridized carbons (Fsp3) is 0.550. The van der Waals surface area contributed by atoms with Gasteiger partial charge in [-0.3, -0.25) is 4.98 Å². The standard InChI is InChI=1S/C20H24F3N5O2/c1-10-3-4-15(11(2)25-10)30-16-6-13-9-28(8-12(13)5-14(16)29)18-7-17(20(21,22)23)26-19(24)27-18/h3-4,7,12-14,16,29H,5-6,8-9H2,1-2H3,(H2,24,26,27)/t12-,13+,14+,16+/m0/s1. The Labute approximate surface area is 172 Å². The van der Waals surface area contributed by atoms with E-state index in [1.807, 2.05) is 26.0 Å². The normalized spacial score (nSPS) is 26.5. The number of fused-ring (bicyclic) bond motifs is 1. The van der Waals surface area contributed by atoms with Crippen LogP contribution in [0, 0.1) is 25.7 Å². The third-order valence-corrected chi connectivity index (χ3v) is 5.88. The molecule has 1 saturated carbocycles. The van der Waals surface area contributed by atoms with Gasteiger partial charge in [-0.15, -0.1) is 0 Å². The van der Waals surface area contributed by atoms with E-state index < -0.39 is 30.0 Å². The summed E-state index contributed by atoms with van der Waals surface area (Å²) >= 11 is 0. The second-order valence-corrected chi connectivity index (χ2v) is 8.12. The quantitative estimate of drug-likeness (QED) is 0.783. The third kappa shape index (κ3) is 4.14. The fourth-order valence-corrected chi connectivity index (χ4v) is 4.43. The minimum atomic E-state index is -4.59. The third-order valence-electron chi connectivity index (χ3n) is 5.88. The van der Waals surface area contributed by atoms with Crippen LogP contribution in [-0.4, -0.2) is 45.4 Å². The molecule has 3 heterocycles. The van der Waals surface area contributed by atoms with Gasteiger partial charge >= 0.3 is 6.18 Å². The van der Waals surface area contributed by atoms with Crippen LogP contribution < -0.4 is 15.4 Å². The smallest absolute Gasteiger partial charge is 0.433 e. The Hall–Kier alpha value is -2.62. The molecule has 0 aromatic carbocycles. The van der Waals surface area contributed by atoms with Gasteiger partial charge in [0.2, 0.25) is 5.95 Å². The lowest BCUT2D eigenvalue weighted by Crippen LogP contribution is -2.42. The number of halogens is 3. The summed E-state index contributed by atoms with van der Waals surface area (Å²) in [6.07, 6.45) is -4.53. The highest BCUT2D eigenvalue weighted by molar-refractivity contribution is 5.45. The van der Waals surface area contributed by atoms with Crippen LogP contribution in [-0.2, 0) is 6.18 Å². The van der Waals surface area contributed by atoms with Crippen molar-refractivity contribution in [3.8, 4) is 5.75 Å². The number of pyridine rings is 1. The molecular formula is C20H24F3N5O2. The maximum Gasteiger partial charge on any atom is 0.433 e. The van der Waals surface area contributed by atoms with Gasteiger partial charge in [0, 0.05) is 24.8 Å². The van der Waals surface area contributed by atoms with Crippen LogP contribution in [0.4, 0.5) is 24.9 Å². The highest BCUT2D eigenvalue weighted by Gasteiger charge is 2.44. The van der Waals surface area contributed by atoms with E-state index in [4.69, 9.17) is 10.5 Å².